The van der Waals surface area contributed by atoms with Gasteiger partial charge in [-0.15, -0.1) is 0 Å². The van der Waals surface area contributed by atoms with Crippen LogP contribution in [0.15, 0.2) is 12.2 Å². The highest BCUT2D eigenvalue weighted by Crippen LogP contribution is 2.31. The second-order valence-electron chi connectivity index (χ2n) is 4.40. The van der Waals surface area contributed by atoms with Crippen LogP contribution in [0.1, 0.15) is 19.3 Å². The quantitative estimate of drug-likeness (QED) is 0.672. The molecule has 0 radical (unpaired) electrons. The molecule has 5 nitrogen and oxygen atoms in total. The highest BCUT2D eigenvalue weighted by Gasteiger charge is 2.33. The molecule has 0 spiro atoms. The molecule has 3 amide bonds. The number of hydrogen-bond donors (Lipinski definition) is 1. The van der Waals surface area contributed by atoms with Crippen LogP contribution < -0.4 is 5.73 Å². The summed E-state index contributed by atoms with van der Waals surface area (Å²) in [4.78, 5) is 34.8. The minimum absolute atomic E-state index is 0.0919. The largest absolute Gasteiger partial charge is 0.369 e. The van der Waals surface area contributed by atoms with Gasteiger partial charge in [-0.05, 0) is 25.2 Å². The zero-order chi connectivity index (χ0) is 11.7. The van der Waals surface area contributed by atoms with E-state index >= 15 is 0 Å². The molecule has 0 saturated heterocycles. The number of nitrogens with two attached hydrogens (primary N) is 1. The minimum atomic E-state index is -0.278. The number of nitrogens with zero attached hydrogens (tertiary/aromatic N) is 1. The fourth-order valence-corrected chi connectivity index (χ4v) is 2.37. The molecule has 1 aliphatic heterocycles. The average molecular weight is 222 g/mol. The van der Waals surface area contributed by atoms with Gasteiger partial charge in [0.05, 0.1) is 0 Å². The number of rotatable bonds is 3. The molecule has 0 bridgehead atoms. The van der Waals surface area contributed by atoms with Crippen LogP contribution >= 0.6 is 0 Å². The minimum Gasteiger partial charge on any atom is -0.369 e. The van der Waals surface area contributed by atoms with Crippen molar-refractivity contribution in [2.75, 3.05) is 6.54 Å². The summed E-state index contributed by atoms with van der Waals surface area (Å²) in [6, 6.07) is 0. The lowest BCUT2D eigenvalue weighted by atomic mass is 10.0. The molecule has 16 heavy (non-hydrogen) atoms. The maximum atomic E-state index is 11.3. The van der Waals surface area contributed by atoms with E-state index in [1.165, 1.54) is 17.1 Å². The third-order valence-corrected chi connectivity index (χ3v) is 3.28. The van der Waals surface area contributed by atoms with Gasteiger partial charge in [-0.2, -0.15) is 0 Å². The van der Waals surface area contributed by atoms with Crippen LogP contribution in [0.3, 0.4) is 0 Å². The van der Waals surface area contributed by atoms with E-state index in [0.29, 0.717) is 13.0 Å². The van der Waals surface area contributed by atoms with E-state index < -0.39 is 0 Å². The number of carbonyl (C=O) groups excluding carboxylic acids is 3. The van der Waals surface area contributed by atoms with E-state index in [9.17, 15) is 14.4 Å². The second kappa shape index (κ2) is 4.08. The second-order valence-corrected chi connectivity index (χ2v) is 4.40. The first-order valence-corrected chi connectivity index (χ1v) is 5.41. The molecule has 2 rings (SSSR count). The summed E-state index contributed by atoms with van der Waals surface area (Å²) in [5.74, 6) is -0.671. The fraction of sp³-hybridized carbons (Fsp3) is 0.545. The van der Waals surface area contributed by atoms with Crippen molar-refractivity contribution in [2.45, 2.75) is 19.3 Å². The van der Waals surface area contributed by atoms with Gasteiger partial charge >= 0.3 is 0 Å². The lowest BCUT2D eigenvalue weighted by Crippen LogP contribution is -2.34. The zero-order valence-electron chi connectivity index (χ0n) is 8.89. The maximum absolute atomic E-state index is 11.3. The highest BCUT2D eigenvalue weighted by atomic mass is 16.2. The molecule has 1 heterocycles. The summed E-state index contributed by atoms with van der Waals surface area (Å²) in [5, 5.41) is 0. The Morgan fingerprint density at radius 1 is 1.31 bits per heavy atom. The van der Waals surface area contributed by atoms with Crippen LogP contribution in [0.5, 0.6) is 0 Å². The van der Waals surface area contributed by atoms with Crippen molar-refractivity contribution < 1.29 is 14.4 Å². The summed E-state index contributed by atoms with van der Waals surface area (Å²) in [6.07, 6.45) is 4.87. The van der Waals surface area contributed by atoms with Crippen LogP contribution in [0.2, 0.25) is 0 Å². The third-order valence-electron chi connectivity index (χ3n) is 3.28. The summed E-state index contributed by atoms with van der Waals surface area (Å²) < 4.78 is 0. The molecule has 2 aliphatic rings. The topological polar surface area (TPSA) is 80.5 Å². The van der Waals surface area contributed by atoms with Gasteiger partial charge < -0.3 is 5.73 Å². The molecule has 0 aromatic heterocycles. The van der Waals surface area contributed by atoms with Gasteiger partial charge in [0.25, 0.3) is 11.8 Å². The van der Waals surface area contributed by atoms with Crippen molar-refractivity contribution in [3.05, 3.63) is 12.2 Å². The fourth-order valence-electron chi connectivity index (χ4n) is 2.37. The van der Waals surface area contributed by atoms with E-state index in [1.807, 2.05) is 0 Å². The molecule has 2 unspecified atom stereocenters. The number of amides is 3. The van der Waals surface area contributed by atoms with Crippen molar-refractivity contribution in [1.82, 2.24) is 4.90 Å². The normalized spacial score (nSPS) is 29.1. The van der Waals surface area contributed by atoms with E-state index in [2.05, 4.69) is 0 Å². The van der Waals surface area contributed by atoms with Crippen LogP contribution in [-0.2, 0) is 14.4 Å². The molecule has 1 aliphatic carbocycles. The Labute approximate surface area is 93.3 Å². The lowest BCUT2D eigenvalue weighted by Gasteiger charge is -2.18. The van der Waals surface area contributed by atoms with Crippen LogP contribution in [0.4, 0.5) is 0 Å². The van der Waals surface area contributed by atoms with Crippen LogP contribution in [-0.4, -0.2) is 29.2 Å². The first kappa shape index (κ1) is 10.9. The van der Waals surface area contributed by atoms with Crippen LogP contribution in [0.25, 0.3) is 0 Å². The Hall–Kier alpha value is -1.65. The lowest BCUT2D eigenvalue weighted by molar-refractivity contribution is -0.137. The zero-order valence-corrected chi connectivity index (χ0v) is 8.89. The molecular formula is C11H14N2O3. The number of hydrogen-bond acceptors (Lipinski definition) is 3. The Balaban J connectivity index is 1.90. The molecule has 0 aromatic carbocycles. The smallest absolute Gasteiger partial charge is 0.253 e. The molecule has 1 saturated carbocycles. The van der Waals surface area contributed by atoms with Gasteiger partial charge in [0.1, 0.15) is 0 Å². The molecule has 2 atom stereocenters. The Morgan fingerprint density at radius 3 is 2.44 bits per heavy atom. The van der Waals surface area contributed by atoms with Gasteiger partial charge in [-0.1, -0.05) is 0 Å². The Morgan fingerprint density at radius 2 is 1.94 bits per heavy atom. The van der Waals surface area contributed by atoms with E-state index in [0.717, 1.165) is 12.8 Å². The summed E-state index contributed by atoms with van der Waals surface area (Å²) >= 11 is 0. The highest BCUT2D eigenvalue weighted by molar-refractivity contribution is 6.12. The van der Waals surface area contributed by atoms with E-state index in [4.69, 9.17) is 5.73 Å². The van der Waals surface area contributed by atoms with Crippen LogP contribution in [0, 0.1) is 11.8 Å². The summed E-state index contributed by atoms with van der Waals surface area (Å²) in [5.41, 5.74) is 5.22. The Bertz CT molecular complexity index is 357. The number of imide groups is 1. The molecule has 1 fully saturated rings. The summed E-state index contributed by atoms with van der Waals surface area (Å²) in [6.45, 7) is 0.411. The molecule has 86 valence electrons. The van der Waals surface area contributed by atoms with E-state index in [1.54, 1.807) is 0 Å². The predicted molar refractivity (Wildman–Crippen MR) is 55.9 cm³/mol. The van der Waals surface area contributed by atoms with Gasteiger partial charge in [0.2, 0.25) is 5.91 Å². The van der Waals surface area contributed by atoms with Gasteiger partial charge in [0.15, 0.2) is 0 Å². The monoisotopic (exact) mass is 222 g/mol. The van der Waals surface area contributed by atoms with Gasteiger partial charge in [-0.25, -0.2) is 0 Å². The first-order chi connectivity index (χ1) is 7.58. The van der Waals surface area contributed by atoms with Crippen molar-refractivity contribution in [1.29, 1.82) is 0 Å². The Kier molecular flexibility index (Phi) is 2.77. The predicted octanol–water partition coefficient (Wildman–Crippen LogP) is -0.187. The average Bonchev–Trinajstić information content (AvgIpc) is 2.80. The van der Waals surface area contributed by atoms with Crippen molar-refractivity contribution in [3.8, 4) is 0 Å². The molecule has 0 aromatic rings. The number of carbonyl (C=O) groups is 3. The standard InChI is InChI=1S/C11H14N2O3/c12-11(16)8-2-1-7(5-8)6-13-9(14)3-4-10(13)15/h3-4,7-8H,1-2,5-6H2,(H2,12,16). The third kappa shape index (κ3) is 1.98. The SMILES string of the molecule is NC(=O)C1CCC(CN2C(=O)C=CC2=O)C1. The molecule has 2 N–H and O–H groups in total. The molecule has 5 heteroatoms. The van der Waals surface area contributed by atoms with Crippen molar-refractivity contribution >= 4 is 17.7 Å². The first-order valence-electron chi connectivity index (χ1n) is 5.41. The van der Waals surface area contributed by atoms with Gasteiger partial charge in [-0.3, -0.25) is 19.3 Å². The van der Waals surface area contributed by atoms with Gasteiger partial charge in [0, 0.05) is 24.6 Å². The van der Waals surface area contributed by atoms with Crippen molar-refractivity contribution in [3.63, 3.8) is 0 Å². The summed E-state index contributed by atoms with van der Waals surface area (Å²) in [7, 11) is 0. The number of primary amides is 1. The molecular weight excluding hydrogens is 208 g/mol. The maximum Gasteiger partial charge on any atom is 0.253 e. The van der Waals surface area contributed by atoms with Crippen molar-refractivity contribution in [2.24, 2.45) is 17.6 Å². The van der Waals surface area contributed by atoms with E-state index in [-0.39, 0.29) is 29.6 Å².